The smallest absolute Gasteiger partial charge is 0.233 e. The minimum atomic E-state index is -0.416. The van der Waals surface area contributed by atoms with Gasteiger partial charge in [0.05, 0.1) is 24.0 Å². The second-order valence-corrected chi connectivity index (χ2v) is 8.26. The summed E-state index contributed by atoms with van der Waals surface area (Å²) in [5.74, 6) is 0.884. The Labute approximate surface area is 185 Å². The van der Waals surface area contributed by atoms with Gasteiger partial charge in [-0.3, -0.25) is 9.36 Å². The molecule has 1 amide bonds. The summed E-state index contributed by atoms with van der Waals surface area (Å²) in [6.45, 7) is 7.99. The molecule has 1 aromatic heterocycles. The molecule has 1 N–H and O–H groups in total. The van der Waals surface area contributed by atoms with Crippen LogP contribution in [0.3, 0.4) is 0 Å². The normalized spacial score (nSPS) is 12.8. The van der Waals surface area contributed by atoms with E-state index in [0.29, 0.717) is 23.3 Å². The number of benzene rings is 2. The highest BCUT2D eigenvalue weighted by molar-refractivity contribution is 8.00. The van der Waals surface area contributed by atoms with Crippen molar-refractivity contribution in [2.45, 2.75) is 36.8 Å². The van der Waals surface area contributed by atoms with Crippen LogP contribution in [0.25, 0.3) is 11.4 Å². The molecule has 0 fully saturated rings. The molecule has 2 aromatic carbocycles. The molecule has 3 aromatic rings. The zero-order chi connectivity index (χ0) is 22.4. The van der Waals surface area contributed by atoms with Crippen LogP contribution in [0, 0.1) is 5.82 Å². The van der Waals surface area contributed by atoms with Gasteiger partial charge in [0.15, 0.2) is 11.0 Å². The Bertz CT molecular complexity index is 1050. The van der Waals surface area contributed by atoms with E-state index in [0.717, 1.165) is 11.1 Å². The molecule has 0 spiro atoms. The van der Waals surface area contributed by atoms with Gasteiger partial charge in [0.1, 0.15) is 11.6 Å². The van der Waals surface area contributed by atoms with E-state index < -0.39 is 5.25 Å². The molecule has 0 radical (unpaired) electrons. The molecule has 2 atom stereocenters. The van der Waals surface area contributed by atoms with Crippen LogP contribution < -0.4 is 10.1 Å². The Morgan fingerprint density at radius 3 is 2.61 bits per heavy atom. The van der Waals surface area contributed by atoms with Crippen molar-refractivity contribution in [1.82, 2.24) is 20.1 Å². The van der Waals surface area contributed by atoms with Crippen LogP contribution in [0.5, 0.6) is 5.75 Å². The van der Waals surface area contributed by atoms with Crippen molar-refractivity contribution in [2.75, 3.05) is 7.11 Å². The number of allylic oxidation sites excluding steroid dienone is 1. The summed E-state index contributed by atoms with van der Waals surface area (Å²) in [5, 5.41) is 11.8. The number of aromatic nitrogens is 3. The summed E-state index contributed by atoms with van der Waals surface area (Å²) >= 11 is 1.32. The Balaban J connectivity index is 1.77. The maximum absolute atomic E-state index is 13.1. The van der Waals surface area contributed by atoms with E-state index in [1.165, 1.54) is 23.9 Å². The zero-order valence-electron chi connectivity index (χ0n) is 17.7. The van der Waals surface area contributed by atoms with Crippen LogP contribution in [0.4, 0.5) is 4.39 Å². The molecule has 0 aliphatic carbocycles. The van der Waals surface area contributed by atoms with Crippen LogP contribution in [0.1, 0.15) is 25.5 Å². The monoisotopic (exact) mass is 440 g/mol. The molecule has 0 bridgehead atoms. The highest BCUT2D eigenvalue weighted by Gasteiger charge is 2.23. The fourth-order valence-electron chi connectivity index (χ4n) is 3.08. The van der Waals surface area contributed by atoms with E-state index in [1.807, 2.05) is 42.7 Å². The zero-order valence-corrected chi connectivity index (χ0v) is 18.5. The molecular weight excluding hydrogens is 415 g/mol. The van der Waals surface area contributed by atoms with Crippen LogP contribution in [0.2, 0.25) is 0 Å². The summed E-state index contributed by atoms with van der Waals surface area (Å²) in [5.41, 5.74) is 1.65. The molecule has 6 nitrogen and oxygen atoms in total. The van der Waals surface area contributed by atoms with E-state index in [9.17, 15) is 9.18 Å². The van der Waals surface area contributed by atoms with Crippen molar-refractivity contribution < 1.29 is 13.9 Å². The fraction of sp³-hybridized carbons (Fsp3) is 0.261. The largest absolute Gasteiger partial charge is 0.496 e. The number of rotatable bonds is 9. The molecule has 0 saturated carbocycles. The minimum Gasteiger partial charge on any atom is -0.496 e. The van der Waals surface area contributed by atoms with E-state index >= 15 is 0 Å². The second kappa shape index (κ2) is 10.3. The van der Waals surface area contributed by atoms with Crippen molar-refractivity contribution in [3.8, 4) is 17.1 Å². The third-order valence-electron chi connectivity index (χ3n) is 4.76. The van der Waals surface area contributed by atoms with E-state index in [4.69, 9.17) is 4.74 Å². The Hall–Kier alpha value is -3.13. The second-order valence-electron chi connectivity index (χ2n) is 6.95. The maximum Gasteiger partial charge on any atom is 0.233 e. The Morgan fingerprint density at radius 1 is 1.23 bits per heavy atom. The summed E-state index contributed by atoms with van der Waals surface area (Å²) in [7, 11) is 1.61. The molecule has 162 valence electrons. The molecule has 31 heavy (non-hydrogen) atoms. The van der Waals surface area contributed by atoms with Crippen molar-refractivity contribution in [2.24, 2.45) is 0 Å². The number of methoxy groups -OCH3 is 1. The van der Waals surface area contributed by atoms with Crippen LogP contribution in [-0.2, 0) is 11.3 Å². The average Bonchev–Trinajstić information content (AvgIpc) is 3.16. The standard InChI is InChI=1S/C23H25FN4O2S/c1-5-14-28-21(19-8-6-7-9-20(19)30-4)26-27-23(28)31-16(3)22(29)25-15(2)17-10-12-18(24)13-11-17/h5-13,15-16H,1,14H2,2-4H3,(H,25,29)/t15-,16-/m1/s1. The fourth-order valence-corrected chi connectivity index (χ4v) is 3.94. The van der Waals surface area contributed by atoms with Crippen LogP contribution >= 0.6 is 11.8 Å². The number of hydrogen-bond donors (Lipinski definition) is 1. The Kier molecular flexibility index (Phi) is 7.46. The van der Waals surface area contributed by atoms with Crippen molar-refractivity contribution in [3.63, 3.8) is 0 Å². The lowest BCUT2D eigenvalue weighted by Gasteiger charge is -2.18. The maximum atomic E-state index is 13.1. The topological polar surface area (TPSA) is 69.0 Å². The molecule has 0 unspecified atom stereocenters. The molecule has 0 aliphatic rings. The average molecular weight is 441 g/mol. The first-order valence-electron chi connectivity index (χ1n) is 9.84. The molecule has 0 saturated heterocycles. The predicted octanol–water partition coefficient (Wildman–Crippen LogP) is 4.64. The lowest BCUT2D eigenvalue weighted by molar-refractivity contribution is -0.120. The lowest BCUT2D eigenvalue weighted by atomic mass is 10.1. The van der Waals surface area contributed by atoms with Crippen LogP contribution in [-0.4, -0.2) is 33.0 Å². The number of hydrogen-bond acceptors (Lipinski definition) is 5. The van der Waals surface area contributed by atoms with Gasteiger partial charge in [-0.05, 0) is 43.7 Å². The lowest BCUT2D eigenvalue weighted by Crippen LogP contribution is -2.33. The van der Waals surface area contributed by atoms with E-state index in [1.54, 1.807) is 25.3 Å². The van der Waals surface area contributed by atoms with Gasteiger partial charge in [0, 0.05) is 6.54 Å². The van der Waals surface area contributed by atoms with Gasteiger partial charge in [-0.15, -0.1) is 16.8 Å². The highest BCUT2D eigenvalue weighted by atomic mass is 32.2. The van der Waals surface area contributed by atoms with Crippen molar-refractivity contribution >= 4 is 17.7 Å². The van der Waals surface area contributed by atoms with Crippen LogP contribution in [0.15, 0.2) is 66.3 Å². The number of halogens is 1. The minimum absolute atomic E-state index is 0.145. The number of para-hydroxylation sites is 1. The summed E-state index contributed by atoms with van der Waals surface area (Å²) in [6, 6.07) is 13.4. The first kappa shape index (κ1) is 22.6. The van der Waals surface area contributed by atoms with E-state index in [2.05, 4.69) is 22.1 Å². The number of nitrogens with one attached hydrogen (secondary N) is 1. The predicted molar refractivity (Wildman–Crippen MR) is 120 cm³/mol. The van der Waals surface area contributed by atoms with Gasteiger partial charge in [-0.25, -0.2) is 4.39 Å². The van der Waals surface area contributed by atoms with Gasteiger partial charge in [0.25, 0.3) is 0 Å². The van der Waals surface area contributed by atoms with Crippen molar-refractivity contribution in [1.29, 1.82) is 0 Å². The van der Waals surface area contributed by atoms with Crippen molar-refractivity contribution in [3.05, 3.63) is 72.6 Å². The van der Waals surface area contributed by atoms with Gasteiger partial charge in [-0.2, -0.15) is 0 Å². The molecular formula is C23H25FN4O2S. The number of amides is 1. The molecule has 3 rings (SSSR count). The first-order valence-corrected chi connectivity index (χ1v) is 10.7. The quantitative estimate of drug-likeness (QED) is 0.388. The number of ether oxygens (including phenoxy) is 1. The Morgan fingerprint density at radius 2 is 1.94 bits per heavy atom. The third-order valence-corrected chi connectivity index (χ3v) is 5.84. The van der Waals surface area contributed by atoms with E-state index in [-0.39, 0.29) is 17.8 Å². The SMILES string of the molecule is C=CCn1c(S[C@H](C)C(=O)N[C@H](C)c2ccc(F)cc2)nnc1-c1ccccc1OC. The molecule has 1 heterocycles. The third kappa shape index (κ3) is 5.32. The van der Waals surface area contributed by atoms with Gasteiger partial charge < -0.3 is 10.1 Å². The summed E-state index contributed by atoms with van der Waals surface area (Å²) in [4.78, 5) is 12.7. The van der Waals surface area contributed by atoms with Gasteiger partial charge >= 0.3 is 0 Å². The number of nitrogens with zero attached hydrogens (tertiary/aromatic N) is 3. The summed E-state index contributed by atoms with van der Waals surface area (Å²) < 4.78 is 20.5. The number of carbonyl (C=O) groups excluding carboxylic acids is 1. The highest BCUT2D eigenvalue weighted by Crippen LogP contribution is 2.32. The molecule has 8 heteroatoms. The van der Waals surface area contributed by atoms with Gasteiger partial charge in [0.2, 0.25) is 5.91 Å². The summed E-state index contributed by atoms with van der Waals surface area (Å²) in [6.07, 6.45) is 1.76. The number of carbonyl (C=O) groups is 1. The molecule has 0 aliphatic heterocycles. The number of thioether (sulfide) groups is 1. The first-order chi connectivity index (χ1) is 14.9. The van der Waals surface area contributed by atoms with Gasteiger partial charge in [-0.1, -0.05) is 42.1 Å².